The van der Waals surface area contributed by atoms with Crippen LogP contribution in [0.25, 0.3) is 11.4 Å². The zero-order valence-electron chi connectivity index (χ0n) is 16.4. The molecule has 0 aliphatic heterocycles. The lowest BCUT2D eigenvalue weighted by atomic mass is 10.1. The Hall–Kier alpha value is -2.67. The standard InChI is InChI=1S/C21H23FN4OS/c1-13(2)26-20(16-7-5-6-8-17(16)22)24-25-21(26)28-12-19(27)23-18-11-14(3)9-10-15(18)4/h5-11,13H,12H2,1-4H3,(H,23,27). The summed E-state index contributed by atoms with van der Waals surface area (Å²) < 4.78 is 16.1. The average Bonchev–Trinajstić information content (AvgIpc) is 3.07. The van der Waals surface area contributed by atoms with Crippen LogP contribution in [0.1, 0.15) is 31.0 Å². The molecule has 0 aliphatic carbocycles. The van der Waals surface area contributed by atoms with E-state index in [0.29, 0.717) is 16.5 Å². The molecule has 0 spiro atoms. The Bertz CT molecular complexity index is 1000. The lowest BCUT2D eigenvalue weighted by Gasteiger charge is -2.14. The summed E-state index contributed by atoms with van der Waals surface area (Å²) in [5.74, 6) is 0.186. The van der Waals surface area contributed by atoms with Crippen LogP contribution in [0.5, 0.6) is 0 Å². The molecule has 3 rings (SSSR count). The van der Waals surface area contributed by atoms with E-state index in [9.17, 15) is 9.18 Å². The second-order valence-corrected chi connectivity index (χ2v) is 7.85. The van der Waals surface area contributed by atoms with Crippen LogP contribution in [-0.4, -0.2) is 26.4 Å². The molecule has 0 radical (unpaired) electrons. The lowest BCUT2D eigenvalue weighted by molar-refractivity contribution is -0.113. The van der Waals surface area contributed by atoms with Crippen molar-refractivity contribution in [2.45, 2.75) is 38.9 Å². The molecule has 0 atom stereocenters. The maximum atomic E-state index is 14.2. The second-order valence-electron chi connectivity index (χ2n) is 6.91. The van der Waals surface area contributed by atoms with E-state index >= 15 is 0 Å². The van der Waals surface area contributed by atoms with Crippen molar-refractivity contribution in [3.8, 4) is 11.4 Å². The summed E-state index contributed by atoms with van der Waals surface area (Å²) in [4.78, 5) is 12.4. The van der Waals surface area contributed by atoms with Crippen molar-refractivity contribution >= 4 is 23.4 Å². The van der Waals surface area contributed by atoms with Gasteiger partial charge in [0.2, 0.25) is 5.91 Å². The number of carbonyl (C=O) groups excluding carboxylic acids is 1. The van der Waals surface area contributed by atoms with Crippen LogP contribution in [0.4, 0.5) is 10.1 Å². The van der Waals surface area contributed by atoms with Crippen molar-refractivity contribution in [3.05, 3.63) is 59.4 Å². The highest BCUT2D eigenvalue weighted by Gasteiger charge is 2.20. The van der Waals surface area contributed by atoms with Crippen molar-refractivity contribution in [2.24, 2.45) is 0 Å². The molecule has 0 saturated carbocycles. The number of hydrogen-bond acceptors (Lipinski definition) is 4. The average molecular weight is 399 g/mol. The Morgan fingerprint density at radius 1 is 1.18 bits per heavy atom. The Kier molecular flexibility index (Phi) is 6.14. The van der Waals surface area contributed by atoms with Crippen molar-refractivity contribution in [1.82, 2.24) is 14.8 Å². The first-order chi connectivity index (χ1) is 13.4. The number of hydrogen-bond donors (Lipinski definition) is 1. The summed E-state index contributed by atoms with van der Waals surface area (Å²) in [6.45, 7) is 7.90. The minimum atomic E-state index is -0.346. The topological polar surface area (TPSA) is 59.8 Å². The molecule has 3 aromatic rings. The Morgan fingerprint density at radius 3 is 2.64 bits per heavy atom. The number of amides is 1. The molecule has 0 unspecified atom stereocenters. The summed E-state index contributed by atoms with van der Waals surface area (Å²) >= 11 is 1.29. The van der Waals surface area contributed by atoms with E-state index in [1.54, 1.807) is 18.2 Å². The number of rotatable bonds is 6. The van der Waals surface area contributed by atoms with Gasteiger partial charge in [0.25, 0.3) is 0 Å². The van der Waals surface area contributed by atoms with Gasteiger partial charge in [-0.1, -0.05) is 36.0 Å². The number of carbonyl (C=O) groups is 1. The van der Waals surface area contributed by atoms with E-state index in [1.165, 1.54) is 17.8 Å². The molecule has 2 aromatic carbocycles. The molecule has 0 fully saturated rings. The fourth-order valence-corrected chi connectivity index (χ4v) is 3.72. The molecule has 0 aliphatic rings. The van der Waals surface area contributed by atoms with Crippen LogP contribution in [-0.2, 0) is 4.79 Å². The third-order valence-corrected chi connectivity index (χ3v) is 5.24. The third-order valence-electron chi connectivity index (χ3n) is 4.30. The molecule has 7 heteroatoms. The van der Waals surface area contributed by atoms with E-state index in [0.717, 1.165) is 16.8 Å². The number of nitrogens with zero attached hydrogens (tertiary/aromatic N) is 3. The molecule has 1 amide bonds. The first kappa shape index (κ1) is 20.1. The molecule has 0 saturated heterocycles. The Balaban J connectivity index is 1.77. The van der Waals surface area contributed by atoms with E-state index in [4.69, 9.17) is 0 Å². The van der Waals surface area contributed by atoms with Crippen molar-refractivity contribution < 1.29 is 9.18 Å². The molecular weight excluding hydrogens is 375 g/mol. The van der Waals surface area contributed by atoms with E-state index in [1.807, 2.05) is 50.5 Å². The van der Waals surface area contributed by atoms with Crippen LogP contribution in [0.3, 0.4) is 0 Å². The molecule has 0 bridgehead atoms. The molecule has 28 heavy (non-hydrogen) atoms. The first-order valence-corrected chi connectivity index (χ1v) is 10.0. The lowest BCUT2D eigenvalue weighted by Crippen LogP contribution is -2.16. The van der Waals surface area contributed by atoms with Gasteiger partial charge in [-0.15, -0.1) is 10.2 Å². The smallest absolute Gasteiger partial charge is 0.234 e. The van der Waals surface area contributed by atoms with Gasteiger partial charge in [0.1, 0.15) is 5.82 Å². The molecular formula is C21H23FN4OS. The normalized spacial score (nSPS) is 11.1. The van der Waals surface area contributed by atoms with Gasteiger partial charge in [0, 0.05) is 11.7 Å². The highest BCUT2D eigenvalue weighted by Crippen LogP contribution is 2.29. The van der Waals surface area contributed by atoms with Crippen LogP contribution in [0, 0.1) is 19.7 Å². The minimum absolute atomic E-state index is 0.0224. The molecule has 146 valence electrons. The van der Waals surface area contributed by atoms with Crippen LogP contribution >= 0.6 is 11.8 Å². The summed E-state index contributed by atoms with van der Waals surface area (Å²) in [6, 6.07) is 12.5. The number of nitrogens with one attached hydrogen (secondary N) is 1. The Morgan fingerprint density at radius 2 is 1.93 bits per heavy atom. The zero-order chi connectivity index (χ0) is 20.3. The van der Waals surface area contributed by atoms with Gasteiger partial charge in [-0.3, -0.25) is 9.36 Å². The largest absolute Gasteiger partial charge is 0.325 e. The van der Waals surface area contributed by atoms with Gasteiger partial charge in [-0.2, -0.15) is 0 Å². The molecule has 5 nitrogen and oxygen atoms in total. The van der Waals surface area contributed by atoms with Crippen molar-refractivity contribution in [3.63, 3.8) is 0 Å². The highest BCUT2D eigenvalue weighted by molar-refractivity contribution is 7.99. The van der Waals surface area contributed by atoms with Gasteiger partial charge < -0.3 is 5.32 Å². The minimum Gasteiger partial charge on any atom is -0.325 e. The van der Waals surface area contributed by atoms with E-state index in [2.05, 4.69) is 15.5 Å². The molecule has 1 heterocycles. The van der Waals surface area contributed by atoms with Gasteiger partial charge in [-0.05, 0) is 57.0 Å². The summed E-state index contributed by atoms with van der Waals surface area (Å²) in [6.07, 6.45) is 0. The maximum absolute atomic E-state index is 14.2. The highest BCUT2D eigenvalue weighted by atomic mass is 32.2. The van der Waals surface area contributed by atoms with E-state index in [-0.39, 0.29) is 23.5 Å². The predicted octanol–water partition coefficient (Wildman–Crippen LogP) is 5.01. The van der Waals surface area contributed by atoms with Gasteiger partial charge >= 0.3 is 0 Å². The third kappa shape index (κ3) is 4.42. The van der Waals surface area contributed by atoms with Crippen molar-refractivity contribution in [1.29, 1.82) is 0 Å². The van der Waals surface area contributed by atoms with Crippen LogP contribution in [0.2, 0.25) is 0 Å². The molecule has 1 aromatic heterocycles. The fourth-order valence-electron chi connectivity index (χ4n) is 2.85. The predicted molar refractivity (Wildman–Crippen MR) is 111 cm³/mol. The second kappa shape index (κ2) is 8.56. The van der Waals surface area contributed by atoms with Crippen LogP contribution in [0.15, 0.2) is 47.6 Å². The fraction of sp³-hybridized carbons (Fsp3) is 0.286. The van der Waals surface area contributed by atoms with E-state index < -0.39 is 0 Å². The number of anilines is 1. The molecule has 1 N–H and O–H groups in total. The first-order valence-electron chi connectivity index (χ1n) is 9.06. The number of halogens is 1. The van der Waals surface area contributed by atoms with Gasteiger partial charge in [-0.25, -0.2) is 4.39 Å². The quantitative estimate of drug-likeness (QED) is 0.593. The summed E-state index contributed by atoms with van der Waals surface area (Å²) in [7, 11) is 0. The number of thioether (sulfide) groups is 1. The maximum Gasteiger partial charge on any atom is 0.234 e. The number of benzene rings is 2. The summed E-state index contributed by atoms with van der Waals surface area (Å²) in [5.41, 5.74) is 3.30. The summed E-state index contributed by atoms with van der Waals surface area (Å²) in [5, 5.41) is 11.9. The van der Waals surface area contributed by atoms with Crippen LogP contribution < -0.4 is 5.32 Å². The monoisotopic (exact) mass is 398 g/mol. The number of aromatic nitrogens is 3. The Labute approximate surface area is 168 Å². The number of aryl methyl sites for hydroxylation is 2. The zero-order valence-corrected chi connectivity index (χ0v) is 17.2. The van der Waals surface area contributed by atoms with Gasteiger partial charge in [0.15, 0.2) is 11.0 Å². The van der Waals surface area contributed by atoms with Gasteiger partial charge in [0.05, 0.1) is 11.3 Å². The SMILES string of the molecule is Cc1ccc(C)c(NC(=O)CSc2nnc(-c3ccccc3F)n2C(C)C)c1. The van der Waals surface area contributed by atoms with Crippen molar-refractivity contribution in [2.75, 3.05) is 11.1 Å².